The highest BCUT2D eigenvalue weighted by atomic mass is 32.1. The van der Waals surface area contributed by atoms with E-state index in [4.69, 9.17) is 0 Å². The number of carbonyl (C=O) groups is 1. The van der Waals surface area contributed by atoms with Crippen molar-refractivity contribution in [2.45, 2.75) is 32.4 Å². The topological polar surface area (TPSA) is 20.3 Å². The second-order valence-corrected chi connectivity index (χ2v) is 6.70. The smallest absolute Gasteiger partial charge is 0.247 e. The number of nitrogens with zero attached hydrogens (tertiary/aromatic N) is 1. The third-order valence-corrected chi connectivity index (χ3v) is 4.94. The van der Waals surface area contributed by atoms with Crippen LogP contribution in [0.3, 0.4) is 0 Å². The quantitative estimate of drug-likeness (QED) is 0.715. The Morgan fingerprint density at radius 2 is 2.09 bits per heavy atom. The van der Waals surface area contributed by atoms with Gasteiger partial charge in [-0.3, -0.25) is 4.79 Å². The van der Waals surface area contributed by atoms with Gasteiger partial charge in [0.25, 0.3) is 0 Å². The highest BCUT2D eigenvalue weighted by Gasteiger charge is 2.33. The molecule has 1 aromatic carbocycles. The second-order valence-electron chi connectivity index (χ2n) is 5.92. The van der Waals surface area contributed by atoms with Crippen LogP contribution in [0.4, 0.5) is 0 Å². The summed E-state index contributed by atoms with van der Waals surface area (Å²) in [4.78, 5) is 14.7. The summed E-state index contributed by atoms with van der Waals surface area (Å²) in [6, 6.07) is 12.6. The van der Waals surface area contributed by atoms with E-state index in [0.29, 0.717) is 18.5 Å². The molecule has 1 aliphatic carbocycles. The first kappa shape index (κ1) is 15.0. The van der Waals surface area contributed by atoms with E-state index in [-0.39, 0.29) is 5.91 Å². The average molecular weight is 311 g/mol. The Hall–Kier alpha value is -1.87. The number of amides is 1. The molecule has 1 amide bonds. The van der Waals surface area contributed by atoms with Gasteiger partial charge in [-0.2, -0.15) is 11.3 Å². The lowest BCUT2D eigenvalue weighted by Gasteiger charge is -2.28. The molecule has 1 unspecified atom stereocenters. The van der Waals surface area contributed by atoms with Crippen LogP contribution < -0.4 is 0 Å². The molecule has 2 aromatic rings. The lowest BCUT2D eigenvalue weighted by molar-refractivity contribution is -0.129. The van der Waals surface area contributed by atoms with Crippen LogP contribution in [0.5, 0.6) is 0 Å². The predicted octanol–water partition coefficient (Wildman–Crippen LogP) is 4.59. The van der Waals surface area contributed by atoms with Crippen molar-refractivity contribution in [1.82, 2.24) is 4.90 Å². The average Bonchev–Trinajstić information content (AvgIpc) is 3.27. The van der Waals surface area contributed by atoms with Crippen molar-refractivity contribution in [2.75, 3.05) is 0 Å². The van der Waals surface area contributed by atoms with Gasteiger partial charge in [0.2, 0.25) is 5.91 Å². The first-order valence-corrected chi connectivity index (χ1v) is 8.73. The zero-order valence-corrected chi connectivity index (χ0v) is 13.6. The molecule has 1 aromatic heterocycles. The number of carbonyl (C=O) groups excluding carboxylic acids is 1. The Labute approximate surface area is 136 Å². The Morgan fingerprint density at radius 3 is 2.73 bits per heavy atom. The highest BCUT2D eigenvalue weighted by Crippen LogP contribution is 2.35. The monoisotopic (exact) mass is 311 g/mol. The molecule has 1 atom stereocenters. The molecule has 1 aliphatic rings. The van der Waals surface area contributed by atoms with Gasteiger partial charge in [-0.15, -0.1) is 0 Å². The Morgan fingerprint density at radius 1 is 1.32 bits per heavy atom. The summed E-state index contributed by atoms with van der Waals surface area (Å²) in [6.07, 6.45) is 6.11. The van der Waals surface area contributed by atoms with Gasteiger partial charge in [0.05, 0.1) is 0 Å². The standard InChI is InChI=1S/C19H21NOS/c1-15(18-8-9-18)20(13-16-5-3-2-4-6-16)19(21)10-7-17-11-12-22-14-17/h2-7,10-12,14-15,18H,8-9,13H2,1H3/b10-7+. The van der Waals surface area contributed by atoms with E-state index in [2.05, 4.69) is 24.4 Å². The van der Waals surface area contributed by atoms with Crippen molar-refractivity contribution in [3.05, 3.63) is 64.4 Å². The van der Waals surface area contributed by atoms with E-state index in [1.54, 1.807) is 17.4 Å². The van der Waals surface area contributed by atoms with Gasteiger partial charge in [-0.25, -0.2) is 0 Å². The van der Waals surface area contributed by atoms with Crippen LogP contribution >= 0.6 is 11.3 Å². The van der Waals surface area contributed by atoms with Gasteiger partial charge < -0.3 is 4.90 Å². The van der Waals surface area contributed by atoms with E-state index in [0.717, 1.165) is 5.56 Å². The molecule has 0 N–H and O–H groups in total. The van der Waals surface area contributed by atoms with Gasteiger partial charge in [0, 0.05) is 18.7 Å². The second kappa shape index (κ2) is 6.93. The SMILES string of the molecule is CC(C1CC1)N(Cc1ccccc1)C(=O)/C=C/c1ccsc1. The van der Waals surface area contributed by atoms with E-state index in [1.807, 2.05) is 40.6 Å². The molecular formula is C19H21NOS. The van der Waals surface area contributed by atoms with E-state index >= 15 is 0 Å². The summed E-state index contributed by atoms with van der Waals surface area (Å²) in [5.41, 5.74) is 2.28. The van der Waals surface area contributed by atoms with Gasteiger partial charge in [0.1, 0.15) is 0 Å². The molecule has 0 spiro atoms. The van der Waals surface area contributed by atoms with Crippen LogP contribution in [0.2, 0.25) is 0 Å². The summed E-state index contributed by atoms with van der Waals surface area (Å²) in [7, 11) is 0. The predicted molar refractivity (Wildman–Crippen MR) is 92.5 cm³/mol. The maximum absolute atomic E-state index is 12.7. The molecule has 1 fully saturated rings. The van der Waals surface area contributed by atoms with Gasteiger partial charge in [-0.1, -0.05) is 30.3 Å². The molecule has 0 aliphatic heterocycles. The van der Waals surface area contributed by atoms with Crippen molar-refractivity contribution in [2.24, 2.45) is 5.92 Å². The molecule has 2 nitrogen and oxygen atoms in total. The third-order valence-electron chi connectivity index (χ3n) is 4.24. The molecule has 3 rings (SSSR count). The minimum Gasteiger partial charge on any atom is -0.332 e. The molecule has 114 valence electrons. The van der Waals surface area contributed by atoms with Gasteiger partial charge in [0.15, 0.2) is 0 Å². The minimum atomic E-state index is 0.106. The summed E-state index contributed by atoms with van der Waals surface area (Å²) in [5, 5.41) is 4.08. The summed E-state index contributed by atoms with van der Waals surface area (Å²) >= 11 is 1.65. The van der Waals surface area contributed by atoms with Crippen LogP contribution in [0.15, 0.2) is 53.2 Å². The fraction of sp³-hybridized carbons (Fsp3) is 0.316. The lowest BCUT2D eigenvalue weighted by Crippen LogP contribution is -2.38. The number of rotatable bonds is 6. The van der Waals surface area contributed by atoms with Crippen LogP contribution in [-0.2, 0) is 11.3 Å². The van der Waals surface area contributed by atoms with Crippen LogP contribution in [0.25, 0.3) is 6.08 Å². The number of thiophene rings is 1. The van der Waals surface area contributed by atoms with Crippen molar-refractivity contribution in [3.63, 3.8) is 0 Å². The van der Waals surface area contributed by atoms with Crippen LogP contribution in [0.1, 0.15) is 30.9 Å². The Kier molecular flexibility index (Phi) is 4.74. The molecule has 22 heavy (non-hydrogen) atoms. The molecule has 1 saturated carbocycles. The summed E-state index contributed by atoms with van der Waals surface area (Å²) in [5.74, 6) is 0.775. The number of hydrogen-bond donors (Lipinski definition) is 0. The molecule has 1 heterocycles. The highest BCUT2D eigenvalue weighted by molar-refractivity contribution is 7.08. The first-order valence-electron chi connectivity index (χ1n) is 7.79. The minimum absolute atomic E-state index is 0.106. The van der Waals surface area contributed by atoms with Crippen molar-refractivity contribution >= 4 is 23.3 Å². The first-order chi connectivity index (χ1) is 10.7. The summed E-state index contributed by atoms with van der Waals surface area (Å²) in [6.45, 7) is 2.86. The zero-order valence-electron chi connectivity index (χ0n) is 12.8. The van der Waals surface area contributed by atoms with Gasteiger partial charge >= 0.3 is 0 Å². The van der Waals surface area contributed by atoms with Crippen molar-refractivity contribution in [3.8, 4) is 0 Å². The molecule has 0 bridgehead atoms. The van der Waals surface area contributed by atoms with E-state index in [1.165, 1.54) is 18.4 Å². The van der Waals surface area contributed by atoms with Crippen molar-refractivity contribution in [1.29, 1.82) is 0 Å². The normalized spacial score (nSPS) is 15.9. The fourth-order valence-corrected chi connectivity index (χ4v) is 3.30. The number of benzene rings is 1. The van der Waals surface area contributed by atoms with Gasteiger partial charge in [-0.05, 0) is 59.7 Å². The summed E-state index contributed by atoms with van der Waals surface area (Å²) < 4.78 is 0. The maximum Gasteiger partial charge on any atom is 0.247 e. The lowest BCUT2D eigenvalue weighted by atomic mass is 10.1. The largest absolute Gasteiger partial charge is 0.332 e. The molecule has 0 radical (unpaired) electrons. The fourth-order valence-electron chi connectivity index (χ4n) is 2.67. The third kappa shape index (κ3) is 3.86. The van der Waals surface area contributed by atoms with E-state index in [9.17, 15) is 4.79 Å². The van der Waals surface area contributed by atoms with Crippen LogP contribution in [-0.4, -0.2) is 16.8 Å². The zero-order chi connectivity index (χ0) is 15.4. The molecule has 3 heteroatoms. The maximum atomic E-state index is 12.7. The molecule has 0 saturated heterocycles. The van der Waals surface area contributed by atoms with Crippen LogP contribution in [0, 0.1) is 5.92 Å². The molecular weight excluding hydrogens is 290 g/mol. The van der Waals surface area contributed by atoms with E-state index < -0.39 is 0 Å². The Bertz CT molecular complexity index is 629. The Balaban J connectivity index is 1.73. The number of hydrogen-bond acceptors (Lipinski definition) is 2. The van der Waals surface area contributed by atoms with Crippen molar-refractivity contribution < 1.29 is 4.79 Å².